The summed E-state index contributed by atoms with van der Waals surface area (Å²) >= 11 is 0. The SMILES string of the molecule is CCNC(=NCc1cccc(COCCOCC)c1)NC1CCN(CC(F)(F)F)C1.I. The third kappa shape index (κ3) is 11.9. The molecule has 0 radical (unpaired) electrons. The van der Waals surface area contributed by atoms with Crippen LogP contribution in [0.5, 0.6) is 0 Å². The van der Waals surface area contributed by atoms with Gasteiger partial charge in [-0.2, -0.15) is 13.2 Å². The highest BCUT2D eigenvalue weighted by Crippen LogP contribution is 2.20. The van der Waals surface area contributed by atoms with Gasteiger partial charge in [0, 0.05) is 32.3 Å². The summed E-state index contributed by atoms with van der Waals surface area (Å²) in [6.07, 6.45) is -3.50. The van der Waals surface area contributed by atoms with Crippen LogP contribution in [0.4, 0.5) is 13.2 Å². The molecule has 0 saturated carbocycles. The van der Waals surface area contributed by atoms with Gasteiger partial charge in [-0.05, 0) is 31.4 Å². The molecule has 10 heteroatoms. The minimum absolute atomic E-state index is 0. The second-order valence-electron chi connectivity index (χ2n) is 7.24. The molecule has 0 bridgehead atoms. The van der Waals surface area contributed by atoms with Gasteiger partial charge in [-0.25, -0.2) is 4.99 Å². The van der Waals surface area contributed by atoms with Crippen molar-refractivity contribution in [1.29, 1.82) is 0 Å². The molecule has 2 rings (SSSR count). The van der Waals surface area contributed by atoms with Gasteiger partial charge in [0.05, 0.1) is 32.9 Å². The summed E-state index contributed by atoms with van der Waals surface area (Å²) < 4.78 is 48.6. The molecular formula is C21H34F3IN4O2. The normalized spacial score (nSPS) is 17.5. The van der Waals surface area contributed by atoms with E-state index < -0.39 is 12.7 Å². The van der Waals surface area contributed by atoms with Crippen molar-refractivity contribution < 1.29 is 22.6 Å². The largest absolute Gasteiger partial charge is 0.401 e. The van der Waals surface area contributed by atoms with Crippen LogP contribution in [0.2, 0.25) is 0 Å². The van der Waals surface area contributed by atoms with Crippen molar-refractivity contribution in [2.75, 3.05) is 46.0 Å². The summed E-state index contributed by atoms with van der Waals surface area (Å²) in [6, 6.07) is 7.98. The Labute approximate surface area is 200 Å². The number of halogens is 4. The Kier molecular flexibility index (Phi) is 13.4. The van der Waals surface area contributed by atoms with Gasteiger partial charge >= 0.3 is 6.18 Å². The maximum Gasteiger partial charge on any atom is 0.401 e. The molecule has 1 aliphatic rings. The van der Waals surface area contributed by atoms with Crippen molar-refractivity contribution in [3.63, 3.8) is 0 Å². The number of hydrogen-bond acceptors (Lipinski definition) is 4. The number of likely N-dealkylation sites (tertiary alicyclic amines) is 1. The number of nitrogens with one attached hydrogen (secondary N) is 2. The van der Waals surface area contributed by atoms with Crippen LogP contribution >= 0.6 is 24.0 Å². The number of hydrogen-bond donors (Lipinski definition) is 2. The first-order chi connectivity index (χ1) is 14.4. The Morgan fingerprint density at radius 1 is 1.19 bits per heavy atom. The first kappa shape index (κ1) is 27.9. The van der Waals surface area contributed by atoms with Crippen LogP contribution in [0.25, 0.3) is 0 Å². The predicted molar refractivity (Wildman–Crippen MR) is 127 cm³/mol. The molecule has 2 N–H and O–H groups in total. The third-order valence-electron chi connectivity index (χ3n) is 4.62. The quantitative estimate of drug-likeness (QED) is 0.189. The van der Waals surface area contributed by atoms with E-state index in [2.05, 4.69) is 15.6 Å². The van der Waals surface area contributed by atoms with E-state index in [0.717, 1.165) is 11.1 Å². The van der Waals surface area contributed by atoms with Crippen molar-refractivity contribution >= 4 is 29.9 Å². The highest BCUT2D eigenvalue weighted by atomic mass is 127. The zero-order chi connectivity index (χ0) is 21.8. The molecule has 1 aromatic rings. The molecule has 1 aromatic carbocycles. The van der Waals surface area contributed by atoms with E-state index in [4.69, 9.17) is 9.47 Å². The number of nitrogens with zero attached hydrogens (tertiary/aromatic N) is 2. The van der Waals surface area contributed by atoms with Crippen molar-refractivity contribution in [3.8, 4) is 0 Å². The van der Waals surface area contributed by atoms with E-state index in [9.17, 15) is 13.2 Å². The molecule has 0 spiro atoms. The Bertz CT molecular complexity index is 662. The number of aliphatic imine (C=N–C) groups is 1. The van der Waals surface area contributed by atoms with E-state index >= 15 is 0 Å². The molecule has 1 aliphatic heterocycles. The summed E-state index contributed by atoms with van der Waals surface area (Å²) in [5.41, 5.74) is 2.11. The van der Waals surface area contributed by atoms with E-state index in [1.165, 1.54) is 4.90 Å². The molecule has 1 unspecified atom stereocenters. The van der Waals surface area contributed by atoms with Gasteiger partial charge in [-0.3, -0.25) is 4.90 Å². The average molecular weight is 558 g/mol. The fraction of sp³-hybridized carbons (Fsp3) is 0.667. The van der Waals surface area contributed by atoms with Gasteiger partial charge in [-0.15, -0.1) is 24.0 Å². The second kappa shape index (κ2) is 14.9. The van der Waals surface area contributed by atoms with Gasteiger partial charge < -0.3 is 20.1 Å². The highest BCUT2D eigenvalue weighted by molar-refractivity contribution is 14.0. The van der Waals surface area contributed by atoms with Gasteiger partial charge in [0.15, 0.2) is 5.96 Å². The lowest BCUT2D eigenvalue weighted by Gasteiger charge is -2.19. The maximum atomic E-state index is 12.6. The zero-order valence-corrected chi connectivity index (χ0v) is 20.5. The van der Waals surface area contributed by atoms with Crippen LogP contribution < -0.4 is 10.6 Å². The van der Waals surface area contributed by atoms with Crippen molar-refractivity contribution in [2.45, 2.75) is 45.6 Å². The van der Waals surface area contributed by atoms with Crippen LogP contribution in [-0.4, -0.2) is 69.1 Å². The first-order valence-electron chi connectivity index (χ1n) is 10.5. The number of ether oxygens (including phenoxy) is 2. The van der Waals surface area contributed by atoms with Gasteiger partial charge in [-0.1, -0.05) is 24.3 Å². The number of guanidine groups is 1. The third-order valence-corrected chi connectivity index (χ3v) is 4.62. The summed E-state index contributed by atoms with van der Waals surface area (Å²) in [5, 5.41) is 6.43. The molecule has 1 fully saturated rings. The van der Waals surface area contributed by atoms with Gasteiger partial charge in [0.25, 0.3) is 0 Å². The lowest BCUT2D eigenvalue weighted by Crippen LogP contribution is -2.45. The molecule has 0 amide bonds. The summed E-state index contributed by atoms with van der Waals surface area (Å²) in [7, 11) is 0. The van der Waals surface area contributed by atoms with Crippen LogP contribution in [0.15, 0.2) is 29.3 Å². The average Bonchev–Trinajstić information content (AvgIpc) is 3.11. The monoisotopic (exact) mass is 558 g/mol. The predicted octanol–water partition coefficient (Wildman–Crippen LogP) is 3.55. The first-order valence-corrected chi connectivity index (χ1v) is 10.5. The van der Waals surface area contributed by atoms with E-state index in [1.54, 1.807) is 0 Å². The summed E-state index contributed by atoms with van der Waals surface area (Å²) in [4.78, 5) is 6.03. The molecule has 31 heavy (non-hydrogen) atoms. The fourth-order valence-electron chi connectivity index (χ4n) is 3.30. The van der Waals surface area contributed by atoms with Crippen molar-refractivity contribution in [1.82, 2.24) is 15.5 Å². The van der Waals surface area contributed by atoms with Crippen molar-refractivity contribution in [3.05, 3.63) is 35.4 Å². The number of alkyl halides is 3. The number of benzene rings is 1. The Morgan fingerprint density at radius 2 is 1.94 bits per heavy atom. The molecule has 6 nitrogen and oxygen atoms in total. The van der Waals surface area contributed by atoms with Crippen LogP contribution in [0.1, 0.15) is 31.4 Å². The molecule has 0 aliphatic carbocycles. The molecule has 1 heterocycles. The Morgan fingerprint density at radius 3 is 2.65 bits per heavy atom. The molecule has 1 atom stereocenters. The van der Waals surface area contributed by atoms with Crippen LogP contribution in [0, 0.1) is 0 Å². The fourth-order valence-corrected chi connectivity index (χ4v) is 3.30. The smallest absolute Gasteiger partial charge is 0.379 e. The molecule has 178 valence electrons. The van der Waals surface area contributed by atoms with E-state index in [1.807, 2.05) is 38.1 Å². The van der Waals surface area contributed by atoms with Crippen molar-refractivity contribution in [2.24, 2.45) is 4.99 Å². The van der Waals surface area contributed by atoms with E-state index in [0.29, 0.717) is 65.0 Å². The Balaban J connectivity index is 0.00000480. The topological polar surface area (TPSA) is 58.1 Å². The minimum atomic E-state index is -4.16. The second-order valence-corrected chi connectivity index (χ2v) is 7.24. The van der Waals surface area contributed by atoms with Gasteiger partial charge in [0.1, 0.15) is 0 Å². The number of rotatable bonds is 11. The summed E-state index contributed by atoms with van der Waals surface area (Å²) in [6.45, 7) is 7.32. The van der Waals surface area contributed by atoms with E-state index in [-0.39, 0.29) is 30.0 Å². The molecule has 1 saturated heterocycles. The molecular weight excluding hydrogens is 524 g/mol. The maximum absolute atomic E-state index is 12.6. The minimum Gasteiger partial charge on any atom is -0.379 e. The lowest BCUT2D eigenvalue weighted by atomic mass is 10.1. The van der Waals surface area contributed by atoms with Gasteiger partial charge in [0.2, 0.25) is 0 Å². The lowest BCUT2D eigenvalue weighted by molar-refractivity contribution is -0.143. The summed E-state index contributed by atoms with van der Waals surface area (Å²) in [5.74, 6) is 0.620. The van der Waals surface area contributed by atoms with Crippen LogP contribution in [-0.2, 0) is 22.6 Å². The molecule has 0 aromatic heterocycles. The Hall–Kier alpha value is -1.11. The highest BCUT2D eigenvalue weighted by Gasteiger charge is 2.34. The standard InChI is InChI=1S/C21H33F3N4O2.HI/c1-3-25-20(27-19-8-9-28(14-19)16-21(22,23)24)26-13-17-6-5-7-18(12-17)15-30-11-10-29-4-2;/h5-7,12,19H,3-4,8-11,13-16H2,1-2H3,(H2,25,26,27);1H. The van der Waals surface area contributed by atoms with Crippen LogP contribution in [0.3, 0.4) is 0 Å². The zero-order valence-electron chi connectivity index (χ0n) is 18.2.